The van der Waals surface area contributed by atoms with E-state index in [0.717, 1.165) is 25.7 Å². The number of ether oxygens (including phenoxy) is 1. The highest BCUT2D eigenvalue weighted by Gasteiger charge is 1.99. The molecular formula is C10H20N2O5. The first-order valence-electron chi connectivity index (χ1n) is 5.65. The second kappa shape index (κ2) is 11.0. The molecule has 0 aliphatic rings. The summed E-state index contributed by atoms with van der Waals surface area (Å²) in [6.07, 6.45) is 1.92. The second-order valence-electron chi connectivity index (χ2n) is 3.43. The highest BCUT2D eigenvalue weighted by Crippen LogP contribution is 1.97. The van der Waals surface area contributed by atoms with Crippen LogP contribution in [0.2, 0.25) is 0 Å². The van der Waals surface area contributed by atoms with Crippen molar-refractivity contribution in [1.29, 1.82) is 0 Å². The molecule has 0 radical (unpaired) electrons. The predicted molar refractivity (Wildman–Crippen MR) is 60.9 cm³/mol. The number of amides is 2. The Hall–Kier alpha value is -1.50. The lowest BCUT2D eigenvalue weighted by Crippen LogP contribution is -2.26. The number of hydrogen-bond donors (Lipinski definition) is 4. The molecule has 0 aromatic rings. The number of nitrogens with one attached hydrogen (secondary N) is 2. The summed E-state index contributed by atoms with van der Waals surface area (Å²) < 4.78 is 4.59. The largest absolute Gasteiger partial charge is 0.465 e. The zero-order valence-corrected chi connectivity index (χ0v) is 9.78. The molecule has 100 valence electrons. The number of carbonyl (C=O) groups excluding carboxylic acids is 1. The third kappa shape index (κ3) is 12.4. The van der Waals surface area contributed by atoms with Gasteiger partial charge in [-0.25, -0.2) is 9.59 Å². The molecule has 7 nitrogen and oxygen atoms in total. The van der Waals surface area contributed by atoms with Crippen molar-refractivity contribution in [3.05, 3.63) is 0 Å². The Morgan fingerprint density at radius 2 is 1.59 bits per heavy atom. The monoisotopic (exact) mass is 248 g/mol. The maximum atomic E-state index is 10.9. The molecule has 0 bridgehead atoms. The van der Waals surface area contributed by atoms with E-state index in [1.807, 2.05) is 0 Å². The molecule has 4 N–H and O–H groups in total. The molecule has 0 aliphatic heterocycles. The molecule has 0 spiro atoms. The average Bonchev–Trinajstić information content (AvgIpc) is 2.29. The van der Waals surface area contributed by atoms with Gasteiger partial charge in [-0.1, -0.05) is 12.8 Å². The van der Waals surface area contributed by atoms with E-state index in [2.05, 4.69) is 15.4 Å². The summed E-state index contributed by atoms with van der Waals surface area (Å²) in [4.78, 5) is 21.0. The van der Waals surface area contributed by atoms with Crippen LogP contribution >= 0.6 is 0 Å². The summed E-state index contributed by atoms with van der Waals surface area (Å²) in [5.41, 5.74) is 0. The maximum Gasteiger partial charge on any atom is 0.407 e. The summed E-state index contributed by atoms with van der Waals surface area (Å²) in [5.74, 6) is 0. The lowest BCUT2D eigenvalue weighted by Gasteiger charge is -2.05. The third-order valence-electron chi connectivity index (χ3n) is 1.97. The fourth-order valence-corrected chi connectivity index (χ4v) is 1.18. The minimum absolute atomic E-state index is 0.00664. The quantitative estimate of drug-likeness (QED) is 0.445. The lowest BCUT2D eigenvalue weighted by atomic mass is 10.2. The molecule has 0 aromatic carbocycles. The van der Waals surface area contributed by atoms with Gasteiger partial charge in [0, 0.05) is 13.1 Å². The fraction of sp³-hybridized carbons (Fsp3) is 0.800. The van der Waals surface area contributed by atoms with E-state index in [1.165, 1.54) is 0 Å². The first kappa shape index (κ1) is 15.5. The van der Waals surface area contributed by atoms with Crippen molar-refractivity contribution >= 4 is 12.2 Å². The van der Waals surface area contributed by atoms with E-state index in [1.54, 1.807) is 0 Å². The summed E-state index contributed by atoms with van der Waals surface area (Å²) in [6, 6.07) is 0. The van der Waals surface area contributed by atoms with Gasteiger partial charge < -0.3 is 25.6 Å². The van der Waals surface area contributed by atoms with E-state index in [9.17, 15) is 9.59 Å². The highest BCUT2D eigenvalue weighted by molar-refractivity contribution is 5.67. The van der Waals surface area contributed by atoms with Crippen molar-refractivity contribution in [3.8, 4) is 0 Å². The fourth-order valence-electron chi connectivity index (χ4n) is 1.18. The molecule has 0 saturated heterocycles. The molecule has 0 fully saturated rings. The summed E-state index contributed by atoms with van der Waals surface area (Å²) in [5, 5.41) is 21.5. The smallest absolute Gasteiger partial charge is 0.407 e. The van der Waals surface area contributed by atoms with Crippen molar-refractivity contribution in [2.24, 2.45) is 0 Å². The zero-order chi connectivity index (χ0) is 12.9. The molecule has 0 rings (SSSR count). The Morgan fingerprint density at radius 1 is 1.00 bits per heavy atom. The van der Waals surface area contributed by atoms with Crippen molar-refractivity contribution in [2.45, 2.75) is 25.7 Å². The molecule has 17 heavy (non-hydrogen) atoms. The van der Waals surface area contributed by atoms with Crippen LogP contribution in [0.25, 0.3) is 0 Å². The van der Waals surface area contributed by atoms with Gasteiger partial charge in [0.15, 0.2) is 0 Å². The minimum atomic E-state index is -1.00. The predicted octanol–water partition coefficient (Wildman–Crippen LogP) is 0.533. The van der Waals surface area contributed by atoms with E-state index in [4.69, 9.17) is 10.2 Å². The van der Waals surface area contributed by atoms with E-state index < -0.39 is 12.2 Å². The van der Waals surface area contributed by atoms with Crippen LogP contribution in [0.4, 0.5) is 9.59 Å². The number of carbonyl (C=O) groups is 2. The van der Waals surface area contributed by atoms with Gasteiger partial charge in [0.2, 0.25) is 0 Å². The van der Waals surface area contributed by atoms with E-state index in [0.29, 0.717) is 13.1 Å². The van der Waals surface area contributed by atoms with Gasteiger partial charge in [-0.05, 0) is 12.8 Å². The molecule has 0 atom stereocenters. The third-order valence-corrected chi connectivity index (χ3v) is 1.97. The summed E-state index contributed by atoms with van der Waals surface area (Å²) in [6.45, 7) is 0.814. The number of aliphatic hydroxyl groups is 1. The SMILES string of the molecule is O=C(O)NCCCCCCNC(=O)OCCO. The number of hydrogen-bond acceptors (Lipinski definition) is 4. The zero-order valence-electron chi connectivity index (χ0n) is 9.78. The maximum absolute atomic E-state index is 10.9. The molecular weight excluding hydrogens is 228 g/mol. The van der Waals surface area contributed by atoms with Crippen molar-refractivity contribution < 1.29 is 24.5 Å². The van der Waals surface area contributed by atoms with Gasteiger partial charge in [0.1, 0.15) is 6.61 Å². The number of aliphatic hydroxyl groups excluding tert-OH is 1. The number of unbranched alkanes of at least 4 members (excludes halogenated alkanes) is 3. The second-order valence-corrected chi connectivity index (χ2v) is 3.43. The molecule has 0 unspecified atom stereocenters. The van der Waals surface area contributed by atoms with Gasteiger partial charge in [0.05, 0.1) is 6.61 Å². The Morgan fingerprint density at radius 3 is 2.12 bits per heavy atom. The number of alkyl carbamates (subject to hydrolysis) is 1. The molecule has 2 amide bonds. The Labute approximate surface area is 100 Å². The Bertz CT molecular complexity index is 223. The summed E-state index contributed by atoms with van der Waals surface area (Å²) >= 11 is 0. The molecule has 0 aliphatic carbocycles. The van der Waals surface area contributed by atoms with Crippen LogP contribution in [0.5, 0.6) is 0 Å². The van der Waals surface area contributed by atoms with Crippen molar-refractivity contribution in [2.75, 3.05) is 26.3 Å². The van der Waals surface area contributed by atoms with Crippen LogP contribution in [0.1, 0.15) is 25.7 Å². The van der Waals surface area contributed by atoms with Crippen LogP contribution in [0.3, 0.4) is 0 Å². The van der Waals surface area contributed by atoms with Crippen LogP contribution < -0.4 is 10.6 Å². The van der Waals surface area contributed by atoms with Crippen LogP contribution in [-0.2, 0) is 4.74 Å². The normalized spacial score (nSPS) is 9.71. The van der Waals surface area contributed by atoms with Gasteiger partial charge >= 0.3 is 12.2 Å². The minimum Gasteiger partial charge on any atom is -0.465 e. The average molecular weight is 248 g/mol. The molecule has 0 aromatic heterocycles. The van der Waals surface area contributed by atoms with E-state index in [-0.39, 0.29) is 13.2 Å². The van der Waals surface area contributed by atoms with Crippen LogP contribution in [-0.4, -0.2) is 48.7 Å². The van der Waals surface area contributed by atoms with Crippen LogP contribution in [0.15, 0.2) is 0 Å². The number of rotatable bonds is 9. The summed E-state index contributed by atoms with van der Waals surface area (Å²) in [7, 11) is 0. The Balaban J connectivity index is 3.12. The first-order chi connectivity index (χ1) is 8.16. The first-order valence-corrected chi connectivity index (χ1v) is 5.65. The molecule has 0 saturated carbocycles. The molecule has 7 heteroatoms. The van der Waals surface area contributed by atoms with Crippen molar-refractivity contribution in [3.63, 3.8) is 0 Å². The number of carboxylic acid groups (broad SMARTS) is 1. The van der Waals surface area contributed by atoms with Gasteiger partial charge in [0.25, 0.3) is 0 Å². The lowest BCUT2D eigenvalue weighted by molar-refractivity contribution is 0.119. The molecule has 0 heterocycles. The van der Waals surface area contributed by atoms with Crippen molar-refractivity contribution in [1.82, 2.24) is 10.6 Å². The van der Waals surface area contributed by atoms with Gasteiger partial charge in [-0.3, -0.25) is 0 Å². The topological polar surface area (TPSA) is 108 Å². The Kier molecular flexibility index (Phi) is 10.0. The van der Waals surface area contributed by atoms with Gasteiger partial charge in [-0.15, -0.1) is 0 Å². The van der Waals surface area contributed by atoms with Crippen LogP contribution in [0, 0.1) is 0 Å². The highest BCUT2D eigenvalue weighted by atomic mass is 16.6. The van der Waals surface area contributed by atoms with Gasteiger partial charge in [-0.2, -0.15) is 0 Å². The standard InChI is InChI=1S/C10H20N2O5/c13-7-8-17-10(16)12-6-4-2-1-3-5-11-9(14)15/h11,13H,1-8H2,(H,12,16)(H,14,15). The van der Waals surface area contributed by atoms with E-state index >= 15 is 0 Å².